The second kappa shape index (κ2) is 13.9. The average Bonchev–Trinajstić information content (AvgIpc) is 2.99. The third-order valence-electron chi connectivity index (χ3n) is 7.78. The molecule has 0 unspecified atom stereocenters. The number of benzene rings is 3. The van der Waals surface area contributed by atoms with Crippen molar-refractivity contribution in [2.75, 3.05) is 18.0 Å². The Morgan fingerprint density at radius 3 is 2.29 bits per heavy atom. The summed E-state index contributed by atoms with van der Waals surface area (Å²) in [5.74, 6) is -0.264. The molecule has 0 aliphatic heterocycles. The molecule has 3 aromatic carbocycles. The van der Waals surface area contributed by atoms with E-state index < -0.39 is 28.5 Å². The molecule has 224 valence electrons. The number of hydrogen-bond donors (Lipinski definition) is 1. The number of ether oxygens (including phenoxy) is 1. The van der Waals surface area contributed by atoms with Gasteiger partial charge in [0, 0.05) is 18.7 Å². The fourth-order valence-corrected chi connectivity index (χ4v) is 6.70. The molecule has 1 fully saturated rings. The number of nitrogens with zero attached hydrogens (tertiary/aromatic N) is 2. The van der Waals surface area contributed by atoms with Crippen LogP contribution in [0.5, 0.6) is 5.75 Å². The molecule has 1 atom stereocenters. The average molecular weight is 592 g/mol. The van der Waals surface area contributed by atoms with Crippen molar-refractivity contribution in [2.24, 2.45) is 0 Å². The number of hydrogen-bond acceptors (Lipinski definition) is 5. The Morgan fingerprint density at radius 2 is 1.62 bits per heavy atom. The molecule has 0 radical (unpaired) electrons. The van der Waals surface area contributed by atoms with Gasteiger partial charge < -0.3 is 15.0 Å². The fraction of sp³-hybridized carbons (Fsp3) is 0.394. The summed E-state index contributed by atoms with van der Waals surface area (Å²) in [6, 6.07) is 20.1. The maximum Gasteiger partial charge on any atom is 0.264 e. The van der Waals surface area contributed by atoms with Gasteiger partial charge in [0.05, 0.1) is 17.7 Å². The van der Waals surface area contributed by atoms with Crippen molar-refractivity contribution < 1.29 is 22.7 Å². The zero-order chi connectivity index (χ0) is 30.3. The first-order valence-electron chi connectivity index (χ1n) is 14.5. The first-order valence-corrected chi connectivity index (χ1v) is 15.9. The number of amides is 2. The minimum absolute atomic E-state index is 0.0667. The van der Waals surface area contributed by atoms with E-state index in [1.54, 1.807) is 43.3 Å². The molecule has 1 aliphatic carbocycles. The molecule has 2 amide bonds. The van der Waals surface area contributed by atoms with E-state index >= 15 is 0 Å². The zero-order valence-corrected chi connectivity index (χ0v) is 25.7. The van der Waals surface area contributed by atoms with E-state index in [0.29, 0.717) is 5.75 Å². The van der Waals surface area contributed by atoms with Crippen LogP contribution in [-0.4, -0.2) is 50.9 Å². The van der Waals surface area contributed by atoms with E-state index in [-0.39, 0.29) is 29.1 Å². The fourth-order valence-electron chi connectivity index (χ4n) is 5.29. The number of sulfonamides is 1. The lowest BCUT2D eigenvalue weighted by molar-refractivity contribution is -0.139. The predicted molar refractivity (Wildman–Crippen MR) is 165 cm³/mol. The van der Waals surface area contributed by atoms with Crippen molar-refractivity contribution in [2.45, 2.75) is 76.4 Å². The highest BCUT2D eigenvalue weighted by molar-refractivity contribution is 7.92. The van der Waals surface area contributed by atoms with Crippen molar-refractivity contribution in [3.05, 3.63) is 89.5 Å². The molecular formula is C33H41N3O5S. The molecule has 0 bridgehead atoms. The van der Waals surface area contributed by atoms with Gasteiger partial charge in [0.15, 0.2) is 0 Å². The zero-order valence-electron chi connectivity index (χ0n) is 24.9. The standard InChI is InChI=1S/C33H41N3O5S/c1-24-16-18-31(19-17-24)42(39,40)36(29-14-9-15-30(21-29)41-4)23-32(37)35(22-27-11-8-10-25(2)20-27)26(3)33(38)34-28-12-6-5-7-13-28/h8-11,14-21,26,28H,5-7,12-13,22-23H2,1-4H3,(H,34,38)/t26-/m1/s1. The molecule has 42 heavy (non-hydrogen) atoms. The highest BCUT2D eigenvalue weighted by Crippen LogP contribution is 2.28. The Morgan fingerprint density at radius 1 is 0.929 bits per heavy atom. The second-order valence-corrected chi connectivity index (χ2v) is 12.9. The lowest BCUT2D eigenvalue weighted by Crippen LogP contribution is -2.53. The number of methoxy groups -OCH3 is 1. The van der Waals surface area contributed by atoms with Gasteiger partial charge in [0.1, 0.15) is 18.3 Å². The number of aryl methyl sites for hydroxylation is 2. The largest absolute Gasteiger partial charge is 0.497 e. The van der Waals surface area contributed by atoms with Crippen LogP contribution in [0.25, 0.3) is 0 Å². The summed E-state index contributed by atoms with van der Waals surface area (Å²) < 4.78 is 34.5. The van der Waals surface area contributed by atoms with Crippen molar-refractivity contribution in [1.29, 1.82) is 0 Å². The monoisotopic (exact) mass is 591 g/mol. The van der Waals surface area contributed by atoms with Gasteiger partial charge >= 0.3 is 0 Å². The Labute approximate surface area is 249 Å². The predicted octanol–water partition coefficient (Wildman–Crippen LogP) is 5.37. The van der Waals surface area contributed by atoms with E-state index in [1.165, 1.54) is 24.1 Å². The Hall–Kier alpha value is -3.85. The molecule has 0 aromatic heterocycles. The summed E-state index contributed by atoms with van der Waals surface area (Å²) in [6.07, 6.45) is 5.14. The quantitative estimate of drug-likeness (QED) is 0.323. The third kappa shape index (κ3) is 7.70. The van der Waals surface area contributed by atoms with Gasteiger partial charge in [0.25, 0.3) is 10.0 Å². The van der Waals surface area contributed by atoms with Crippen molar-refractivity contribution in [3.63, 3.8) is 0 Å². The van der Waals surface area contributed by atoms with Gasteiger partial charge in [-0.1, -0.05) is 72.9 Å². The summed E-state index contributed by atoms with van der Waals surface area (Å²) in [4.78, 5) is 29.1. The van der Waals surface area contributed by atoms with Gasteiger partial charge in [-0.3, -0.25) is 13.9 Å². The first-order chi connectivity index (χ1) is 20.1. The molecule has 0 spiro atoms. The van der Waals surface area contributed by atoms with E-state index in [9.17, 15) is 18.0 Å². The maximum absolute atomic E-state index is 14.1. The highest BCUT2D eigenvalue weighted by Gasteiger charge is 2.33. The molecule has 1 aliphatic rings. The number of carbonyl (C=O) groups excluding carboxylic acids is 2. The van der Waals surface area contributed by atoms with Gasteiger partial charge in [-0.2, -0.15) is 0 Å². The number of anilines is 1. The van der Waals surface area contributed by atoms with Crippen LogP contribution in [-0.2, 0) is 26.2 Å². The van der Waals surface area contributed by atoms with Crippen LogP contribution in [0, 0.1) is 13.8 Å². The smallest absolute Gasteiger partial charge is 0.264 e. The van der Waals surface area contributed by atoms with Crippen molar-refractivity contribution >= 4 is 27.5 Å². The summed E-state index contributed by atoms with van der Waals surface area (Å²) in [7, 11) is -2.64. The number of rotatable bonds is 11. The second-order valence-electron chi connectivity index (χ2n) is 11.1. The maximum atomic E-state index is 14.1. The van der Waals surface area contributed by atoms with Gasteiger partial charge in [0.2, 0.25) is 11.8 Å². The van der Waals surface area contributed by atoms with Gasteiger partial charge in [-0.15, -0.1) is 0 Å². The lowest BCUT2D eigenvalue weighted by atomic mass is 9.95. The Kier molecular flexibility index (Phi) is 10.3. The molecule has 4 rings (SSSR count). The van der Waals surface area contributed by atoms with Crippen LogP contribution < -0.4 is 14.4 Å². The Balaban J connectivity index is 1.69. The Bertz CT molecular complexity index is 1480. The summed E-state index contributed by atoms with van der Waals surface area (Å²) >= 11 is 0. The molecule has 0 heterocycles. The van der Waals surface area contributed by atoms with Crippen molar-refractivity contribution in [1.82, 2.24) is 10.2 Å². The molecule has 1 saturated carbocycles. The molecule has 9 heteroatoms. The van der Waals surface area contributed by atoms with E-state index in [0.717, 1.165) is 53.1 Å². The van der Waals surface area contributed by atoms with Crippen LogP contribution in [0.1, 0.15) is 55.7 Å². The van der Waals surface area contributed by atoms with E-state index in [2.05, 4.69) is 5.32 Å². The minimum Gasteiger partial charge on any atom is -0.497 e. The topological polar surface area (TPSA) is 96.0 Å². The molecular weight excluding hydrogens is 550 g/mol. The first kappa shape index (κ1) is 31.1. The van der Waals surface area contributed by atoms with E-state index in [1.807, 2.05) is 38.1 Å². The van der Waals surface area contributed by atoms with Crippen LogP contribution in [0.15, 0.2) is 77.7 Å². The van der Waals surface area contributed by atoms with Crippen LogP contribution >= 0.6 is 0 Å². The van der Waals surface area contributed by atoms with Crippen LogP contribution in [0.3, 0.4) is 0 Å². The van der Waals surface area contributed by atoms with Crippen LogP contribution in [0.4, 0.5) is 5.69 Å². The van der Waals surface area contributed by atoms with E-state index in [4.69, 9.17) is 4.74 Å². The lowest BCUT2D eigenvalue weighted by Gasteiger charge is -2.33. The normalized spacial score (nSPS) is 14.6. The van der Waals surface area contributed by atoms with Gasteiger partial charge in [-0.05, 0) is 63.4 Å². The molecule has 8 nitrogen and oxygen atoms in total. The van der Waals surface area contributed by atoms with Gasteiger partial charge in [-0.25, -0.2) is 8.42 Å². The molecule has 1 N–H and O–H groups in total. The van der Waals surface area contributed by atoms with Crippen molar-refractivity contribution in [3.8, 4) is 5.75 Å². The van der Waals surface area contributed by atoms with Crippen LogP contribution in [0.2, 0.25) is 0 Å². The molecule has 3 aromatic rings. The summed E-state index contributed by atoms with van der Waals surface area (Å²) in [5.41, 5.74) is 3.09. The summed E-state index contributed by atoms with van der Waals surface area (Å²) in [5, 5.41) is 3.13. The molecule has 0 saturated heterocycles. The SMILES string of the molecule is COc1cccc(N(CC(=O)N(Cc2cccc(C)c2)[C@H](C)C(=O)NC2CCCCC2)S(=O)(=O)c2ccc(C)cc2)c1. The number of carbonyl (C=O) groups is 2. The highest BCUT2D eigenvalue weighted by atomic mass is 32.2. The third-order valence-corrected chi connectivity index (χ3v) is 9.57. The minimum atomic E-state index is -4.14. The number of nitrogens with one attached hydrogen (secondary N) is 1. The summed E-state index contributed by atoms with van der Waals surface area (Å²) in [6.45, 7) is 5.22.